The summed E-state index contributed by atoms with van der Waals surface area (Å²) in [4.78, 5) is 7.03. The van der Waals surface area contributed by atoms with Crippen LogP contribution in [0, 0.1) is 0 Å². The van der Waals surface area contributed by atoms with Gasteiger partial charge in [-0.3, -0.25) is 4.90 Å². The van der Waals surface area contributed by atoms with Crippen LogP contribution < -0.4 is 0 Å². The van der Waals surface area contributed by atoms with Crippen molar-refractivity contribution in [3.8, 4) is 0 Å². The Kier molecular flexibility index (Phi) is 3.40. The van der Waals surface area contributed by atoms with Gasteiger partial charge in [0.2, 0.25) is 0 Å². The summed E-state index contributed by atoms with van der Waals surface area (Å²) in [7, 11) is 0. The Bertz CT molecular complexity index is 387. The van der Waals surface area contributed by atoms with Crippen molar-refractivity contribution in [2.24, 2.45) is 0 Å². The van der Waals surface area contributed by atoms with Crippen LogP contribution >= 0.6 is 23.4 Å². The third-order valence-electron chi connectivity index (χ3n) is 3.77. The average Bonchev–Trinajstić information content (AvgIpc) is 2.78. The number of ether oxygens (including phenoxy) is 1. The molecule has 1 aliphatic carbocycles. The van der Waals surface area contributed by atoms with Crippen molar-refractivity contribution in [3.05, 3.63) is 11.2 Å². The van der Waals surface area contributed by atoms with E-state index in [4.69, 9.17) is 9.29 Å². The van der Waals surface area contributed by atoms with Crippen molar-refractivity contribution in [2.45, 2.75) is 29.0 Å². The van der Waals surface area contributed by atoms with Gasteiger partial charge in [0.05, 0.1) is 24.9 Å². The third-order valence-corrected chi connectivity index (χ3v) is 5.51. The molecule has 4 nitrogen and oxygen atoms in total. The van der Waals surface area contributed by atoms with Crippen molar-refractivity contribution in [1.82, 2.24) is 9.88 Å². The number of aromatic nitrogens is 1. The van der Waals surface area contributed by atoms with Gasteiger partial charge in [0.25, 0.3) is 0 Å². The van der Waals surface area contributed by atoms with Gasteiger partial charge in [-0.15, -0.1) is 11.3 Å². The number of rotatable bonds is 3. The first-order chi connectivity index (χ1) is 8.35. The summed E-state index contributed by atoms with van der Waals surface area (Å²) in [6.07, 6.45) is 5.44. The summed E-state index contributed by atoms with van der Waals surface area (Å²) < 4.78 is 15.4. The molecule has 0 amide bonds. The molecule has 0 radical (unpaired) electrons. The lowest BCUT2D eigenvalue weighted by molar-refractivity contribution is -0.0596. The highest BCUT2D eigenvalue weighted by Gasteiger charge is 2.46. The smallest absolute Gasteiger partial charge is 0.114 e. The maximum Gasteiger partial charge on any atom is 0.114 e. The van der Waals surface area contributed by atoms with E-state index in [0.717, 1.165) is 42.6 Å². The minimum Gasteiger partial charge on any atom is -0.379 e. The maximum atomic E-state index is 9.07. The highest BCUT2D eigenvalue weighted by atomic mass is 32.2. The van der Waals surface area contributed by atoms with Gasteiger partial charge < -0.3 is 9.29 Å². The van der Waals surface area contributed by atoms with Crippen molar-refractivity contribution in [1.29, 1.82) is 0 Å². The second-order valence-corrected chi connectivity index (χ2v) is 6.47. The topological polar surface area (TPSA) is 45.6 Å². The Morgan fingerprint density at radius 3 is 2.71 bits per heavy atom. The lowest BCUT2D eigenvalue weighted by Gasteiger charge is -2.50. The molecule has 3 rings (SSSR count). The van der Waals surface area contributed by atoms with Crippen LogP contribution in [-0.4, -0.2) is 40.7 Å². The molecule has 0 spiro atoms. The molecule has 0 unspecified atom stereocenters. The second kappa shape index (κ2) is 4.85. The normalized spacial score (nSPS) is 24.5. The van der Waals surface area contributed by atoms with Crippen molar-refractivity contribution in [2.75, 3.05) is 26.3 Å². The minimum atomic E-state index is 0.141. The fraction of sp³-hybridized carbons (Fsp3) is 0.727. The van der Waals surface area contributed by atoms with E-state index in [1.54, 1.807) is 17.5 Å². The molecule has 0 atom stereocenters. The summed E-state index contributed by atoms with van der Waals surface area (Å²) >= 11 is 2.43. The zero-order chi connectivity index (χ0) is 11.7. The number of hydrogen-bond donors (Lipinski definition) is 1. The van der Waals surface area contributed by atoms with E-state index in [9.17, 15) is 0 Å². The van der Waals surface area contributed by atoms with Gasteiger partial charge in [-0.2, -0.15) is 0 Å². The molecule has 0 bridgehead atoms. The zero-order valence-corrected chi connectivity index (χ0v) is 11.2. The van der Waals surface area contributed by atoms with Crippen LogP contribution in [0.4, 0.5) is 0 Å². The number of hydrogen-bond acceptors (Lipinski definition) is 6. The molecule has 1 N–H and O–H groups in total. The Labute approximate surface area is 109 Å². The maximum absolute atomic E-state index is 9.07. The largest absolute Gasteiger partial charge is 0.379 e. The van der Waals surface area contributed by atoms with Crippen LogP contribution in [0.25, 0.3) is 0 Å². The third kappa shape index (κ3) is 2.02. The lowest BCUT2D eigenvalue weighted by atomic mass is 9.75. The van der Waals surface area contributed by atoms with Crippen LogP contribution in [0.5, 0.6) is 0 Å². The first-order valence-corrected chi connectivity index (χ1v) is 7.55. The van der Waals surface area contributed by atoms with E-state index in [-0.39, 0.29) is 5.54 Å². The van der Waals surface area contributed by atoms with E-state index >= 15 is 0 Å². The lowest BCUT2D eigenvalue weighted by Crippen LogP contribution is -2.55. The van der Waals surface area contributed by atoms with Crippen LogP contribution in [0.3, 0.4) is 0 Å². The van der Waals surface area contributed by atoms with Gasteiger partial charge in [0, 0.05) is 25.1 Å². The summed E-state index contributed by atoms with van der Waals surface area (Å²) in [6, 6.07) is 0. The Morgan fingerprint density at radius 2 is 2.18 bits per heavy atom. The zero-order valence-electron chi connectivity index (χ0n) is 9.59. The molecule has 1 aliphatic heterocycles. The van der Waals surface area contributed by atoms with Crippen molar-refractivity contribution in [3.63, 3.8) is 0 Å². The first-order valence-electron chi connectivity index (χ1n) is 5.96. The van der Waals surface area contributed by atoms with Crippen LogP contribution in [-0.2, 0) is 10.3 Å². The Hall–Kier alpha value is -0.140. The summed E-state index contributed by atoms with van der Waals surface area (Å²) in [6.45, 7) is 3.66. The van der Waals surface area contributed by atoms with Crippen molar-refractivity contribution >= 4 is 23.4 Å². The summed E-state index contributed by atoms with van der Waals surface area (Å²) in [5, 5.41) is 1.17. The van der Waals surface area contributed by atoms with Gasteiger partial charge in [0.1, 0.15) is 9.22 Å². The molecule has 2 aliphatic rings. The fourth-order valence-corrected chi connectivity index (χ4v) is 4.10. The van der Waals surface area contributed by atoms with E-state index in [1.165, 1.54) is 24.3 Å². The minimum absolute atomic E-state index is 0.141. The molecule has 2 heterocycles. The molecule has 0 aromatic carbocycles. The van der Waals surface area contributed by atoms with E-state index in [1.807, 2.05) is 0 Å². The number of morpholine rings is 1. The Balaban J connectivity index is 1.85. The average molecular weight is 272 g/mol. The summed E-state index contributed by atoms with van der Waals surface area (Å²) in [5.41, 5.74) is 0.141. The van der Waals surface area contributed by atoms with E-state index in [2.05, 4.69) is 9.88 Å². The Morgan fingerprint density at radius 1 is 1.41 bits per heavy atom. The van der Waals surface area contributed by atoms with Crippen LogP contribution in [0.2, 0.25) is 0 Å². The monoisotopic (exact) mass is 272 g/mol. The van der Waals surface area contributed by atoms with E-state index in [0.29, 0.717) is 0 Å². The van der Waals surface area contributed by atoms with Gasteiger partial charge in [-0.25, -0.2) is 4.98 Å². The van der Waals surface area contributed by atoms with E-state index < -0.39 is 0 Å². The molecule has 2 fully saturated rings. The first kappa shape index (κ1) is 11.9. The molecule has 1 saturated carbocycles. The SMILES string of the molecule is OSc1cnc(C2(N3CCOCC3)CCC2)s1. The molecule has 6 heteroatoms. The second-order valence-electron chi connectivity index (χ2n) is 4.56. The highest BCUT2D eigenvalue weighted by molar-refractivity contribution is 7.95. The van der Waals surface area contributed by atoms with Crippen LogP contribution in [0.1, 0.15) is 24.3 Å². The molecule has 1 aromatic rings. The van der Waals surface area contributed by atoms with Gasteiger partial charge in [-0.1, -0.05) is 0 Å². The molecule has 1 saturated heterocycles. The predicted molar refractivity (Wildman–Crippen MR) is 68.5 cm³/mol. The fourth-order valence-electron chi connectivity index (χ4n) is 2.69. The standard InChI is InChI=1S/C11H16N2O2S2/c14-17-9-8-12-10(16-9)11(2-1-3-11)13-4-6-15-7-5-13/h8,14H,1-7H2. The van der Waals surface area contributed by atoms with Crippen LogP contribution in [0.15, 0.2) is 10.4 Å². The molecule has 94 valence electrons. The van der Waals surface area contributed by atoms with Gasteiger partial charge >= 0.3 is 0 Å². The molecule has 17 heavy (non-hydrogen) atoms. The predicted octanol–water partition coefficient (Wildman–Crippen LogP) is 2.42. The highest BCUT2D eigenvalue weighted by Crippen LogP contribution is 2.48. The number of thiazole rings is 1. The molecular weight excluding hydrogens is 256 g/mol. The van der Waals surface area contributed by atoms with Gasteiger partial charge in [-0.05, 0) is 19.3 Å². The van der Waals surface area contributed by atoms with Gasteiger partial charge in [0.15, 0.2) is 0 Å². The van der Waals surface area contributed by atoms with Crippen molar-refractivity contribution < 1.29 is 9.29 Å². The summed E-state index contributed by atoms with van der Waals surface area (Å²) in [5.74, 6) is 0. The molecular formula is C11H16N2O2S2. The quantitative estimate of drug-likeness (QED) is 0.856. The number of nitrogens with zero attached hydrogens (tertiary/aromatic N) is 2. The molecule has 1 aromatic heterocycles.